The summed E-state index contributed by atoms with van der Waals surface area (Å²) in [6, 6.07) is 25.7. The third kappa shape index (κ3) is 1.75. The monoisotopic (exact) mass is 429 g/mol. The molecule has 2 amide bonds. The first-order chi connectivity index (χ1) is 13.6. The van der Waals surface area contributed by atoms with Gasteiger partial charge in [-0.2, -0.15) is 0 Å². The lowest BCUT2D eigenvalue weighted by Crippen LogP contribution is -2.50. The van der Waals surface area contributed by atoms with Crippen molar-refractivity contribution in [3.05, 3.63) is 101 Å². The predicted molar refractivity (Wildman–Crippen MR) is 110 cm³/mol. The third-order valence-electron chi connectivity index (χ3n) is 6.53. The van der Waals surface area contributed by atoms with Gasteiger partial charge in [-0.3, -0.25) is 9.59 Å². The maximum absolute atomic E-state index is 13.6. The van der Waals surface area contributed by atoms with Gasteiger partial charge in [-0.15, -0.1) is 0 Å². The predicted octanol–water partition coefficient (Wildman–Crippen LogP) is 4.59. The Balaban J connectivity index is 1.64. The van der Waals surface area contributed by atoms with E-state index in [0.29, 0.717) is 5.69 Å². The van der Waals surface area contributed by atoms with Crippen LogP contribution in [-0.2, 0) is 13.9 Å². The fourth-order valence-electron chi connectivity index (χ4n) is 5.51. The van der Waals surface area contributed by atoms with Crippen molar-refractivity contribution in [1.29, 1.82) is 0 Å². The van der Waals surface area contributed by atoms with Crippen molar-refractivity contribution in [2.75, 3.05) is 4.90 Å². The zero-order valence-electron chi connectivity index (χ0n) is 14.9. The van der Waals surface area contributed by atoms with E-state index >= 15 is 0 Å². The first-order valence-corrected chi connectivity index (χ1v) is 10.2. The molecule has 4 heteroatoms. The van der Waals surface area contributed by atoms with Crippen molar-refractivity contribution in [2.24, 2.45) is 11.8 Å². The van der Waals surface area contributed by atoms with E-state index in [1.54, 1.807) is 0 Å². The van der Waals surface area contributed by atoms with Gasteiger partial charge in [0.1, 0.15) is 0 Å². The molecule has 3 aliphatic carbocycles. The summed E-state index contributed by atoms with van der Waals surface area (Å²) >= 11 is 4.01. The van der Waals surface area contributed by atoms with E-state index in [-0.39, 0.29) is 17.7 Å². The van der Waals surface area contributed by atoms with Crippen LogP contribution in [0.25, 0.3) is 0 Å². The SMILES string of the molecule is O=C1C2C3c4ccccc4C(Br)(c4ccccc43)C2C(=O)N1c1ccccc1. The molecule has 0 spiro atoms. The van der Waals surface area contributed by atoms with E-state index in [0.717, 1.165) is 22.3 Å². The maximum atomic E-state index is 13.6. The Hall–Kier alpha value is -2.72. The molecular formula is C24H16BrNO2. The van der Waals surface area contributed by atoms with Crippen LogP contribution in [-0.4, -0.2) is 11.8 Å². The lowest BCUT2D eigenvalue weighted by molar-refractivity contribution is -0.122. The van der Waals surface area contributed by atoms with E-state index in [1.165, 1.54) is 4.90 Å². The summed E-state index contributed by atoms with van der Waals surface area (Å²) in [4.78, 5) is 28.6. The molecule has 0 aromatic heterocycles. The molecule has 1 saturated heterocycles. The van der Waals surface area contributed by atoms with Crippen molar-refractivity contribution in [3.63, 3.8) is 0 Å². The number of anilines is 1. The Morgan fingerprint density at radius 3 is 1.86 bits per heavy atom. The van der Waals surface area contributed by atoms with Gasteiger partial charge < -0.3 is 0 Å². The highest BCUT2D eigenvalue weighted by Gasteiger charge is 2.67. The van der Waals surface area contributed by atoms with Crippen LogP contribution in [0.4, 0.5) is 5.69 Å². The van der Waals surface area contributed by atoms with E-state index in [1.807, 2.05) is 54.6 Å². The molecule has 2 atom stereocenters. The van der Waals surface area contributed by atoms with Crippen LogP contribution in [0.2, 0.25) is 0 Å². The zero-order chi connectivity index (χ0) is 19.0. The second-order valence-electron chi connectivity index (χ2n) is 7.71. The number of nitrogens with zero attached hydrogens (tertiary/aromatic N) is 1. The van der Waals surface area contributed by atoms with Crippen LogP contribution in [0.5, 0.6) is 0 Å². The Kier molecular flexibility index (Phi) is 3.15. The number of imide groups is 1. The van der Waals surface area contributed by atoms with Gasteiger partial charge >= 0.3 is 0 Å². The van der Waals surface area contributed by atoms with Crippen LogP contribution in [0.3, 0.4) is 0 Å². The average molecular weight is 430 g/mol. The molecule has 2 bridgehead atoms. The molecule has 2 unspecified atom stereocenters. The summed E-state index contributed by atoms with van der Waals surface area (Å²) in [5.41, 5.74) is 5.16. The highest BCUT2D eigenvalue weighted by Crippen LogP contribution is 2.66. The normalized spacial score (nSPS) is 29.5. The van der Waals surface area contributed by atoms with Crippen molar-refractivity contribution < 1.29 is 9.59 Å². The third-order valence-corrected chi connectivity index (χ3v) is 7.88. The lowest BCUT2D eigenvalue weighted by atomic mass is 9.55. The molecule has 1 aliphatic heterocycles. The molecule has 4 aliphatic rings. The molecule has 0 radical (unpaired) electrons. The van der Waals surface area contributed by atoms with Gasteiger partial charge in [0.25, 0.3) is 0 Å². The topological polar surface area (TPSA) is 37.4 Å². The number of carbonyl (C=O) groups excluding carboxylic acids is 2. The molecule has 7 rings (SSSR count). The number of halogens is 1. The number of amides is 2. The number of carbonyl (C=O) groups is 2. The van der Waals surface area contributed by atoms with E-state index in [2.05, 4.69) is 40.2 Å². The molecule has 0 N–H and O–H groups in total. The van der Waals surface area contributed by atoms with Crippen LogP contribution in [0.1, 0.15) is 28.2 Å². The van der Waals surface area contributed by atoms with Crippen LogP contribution >= 0.6 is 15.9 Å². The molecule has 0 saturated carbocycles. The van der Waals surface area contributed by atoms with Crippen molar-refractivity contribution >= 4 is 33.4 Å². The van der Waals surface area contributed by atoms with Gasteiger partial charge in [0.15, 0.2) is 0 Å². The zero-order valence-corrected chi connectivity index (χ0v) is 16.5. The summed E-state index contributed by atoms with van der Waals surface area (Å²) in [6.45, 7) is 0. The molecule has 3 nitrogen and oxygen atoms in total. The number of para-hydroxylation sites is 1. The van der Waals surface area contributed by atoms with Gasteiger partial charge in [0, 0.05) is 5.92 Å². The fraction of sp³-hybridized carbons (Fsp3) is 0.167. The van der Waals surface area contributed by atoms with E-state index < -0.39 is 16.2 Å². The minimum atomic E-state index is -0.685. The first-order valence-electron chi connectivity index (χ1n) is 9.44. The van der Waals surface area contributed by atoms with Crippen LogP contribution in [0, 0.1) is 11.8 Å². The summed E-state index contributed by atoms with van der Waals surface area (Å²) in [5, 5.41) is 0. The Labute approximate surface area is 171 Å². The smallest absolute Gasteiger partial charge is 0.239 e. The number of rotatable bonds is 1. The largest absolute Gasteiger partial charge is 0.274 e. The van der Waals surface area contributed by atoms with Gasteiger partial charge in [-0.1, -0.05) is 82.7 Å². The van der Waals surface area contributed by atoms with E-state index in [4.69, 9.17) is 0 Å². The Morgan fingerprint density at radius 1 is 0.714 bits per heavy atom. The van der Waals surface area contributed by atoms with Crippen LogP contribution < -0.4 is 4.90 Å². The Morgan fingerprint density at radius 2 is 1.25 bits per heavy atom. The quantitative estimate of drug-likeness (QED) is 0.419. The van der Waals surface area contributed by atoms with Gasteiger partial charge in [-0.05, 0) is 34.4 Å². The lowest BCUT2D eigenvalue weighted by Gasteiger charge is -2.51. The van der Waals surface area contributed by atoms with Crippen molar-refractivity contribution in [1.82, 2.24) is 0 Å². The maximum Gasteiger partial charge on any atom is 0.239 e. The molecule has 1 heterocycles. The minimum Gasteiger partial charge on any atom is -0.274 e. The molecule has 136 valence electrons. The number of hydrogen-bond acceptors (Lipinski definition) is 2. The molecule has 28 heavy (non-hydrogen) atoms. The number of hydrogen-bond donors (Lipinski definition) is 0. The first kappa shape index (κ1) is 16.3. The summed E-state index contributed by atoms with van der Waals surface area (Å²) < 4.78 is -0.685. The minimum absolute atomic E-state index is 0.0954. The highest BCUT2D eigenvalue weighted by atomic mass is 79.9. The molecular weight excluding hydrogens is 414 g/mol. The standard InChI is InChI=1S/C24H16BrNO2/c25-24-17-12-6-4-10-15(17)19(16-11-5-7-13-18(16)24)20-21(24)23(28)26(22(20)27)14-8-2-1-3-9-14/h1-13,19-21H. The fourth-order valence-corrected chi connectivity index (χ4v) is 6.71. The summed E-state index contributed by atoms with van der Waals surface area (Å²) in [7, 11) is 0. The molecule has 3 aromatic carbocycles. The van der Waals surface area contributed by atoms with Crippen LogP contribution in [0.15, 0.2) is 78.9 Å². The summed E-state index contributed by atoms with van der Waals surface area (Å²) in [5.74, 6) is -1.15. The van der Waals surface area contributed by atoms with Gasteiger partial charge in [0.2, 0.25) is 11.8 Å². The average Bonchev–Trinajstić information content (AvgIpc) is 3.01. The second-order valence-corrected chi connectivity index (χ2v) is 8.97. The Bertz CT molecular complexity index is 1110. The van der Waals surface area contributed by atoms with E-state index in [9.17, 15) is 9.59 Å². The van der Waals surface area contributed by atoms with Gasteiger partial charge in [0.05, 0.1) is 21.8 Å². The summed E-state index contributed by atoms with van der Waals surface area (Å²) in [6.07, 6.45) is 0. The molecule has 3 aromatic rings. The van der Waals surface area contributed by atoms with Crippen molar-refractivity contribution in [2.45, 2.75) is 10.2 Å². The van der Waals surface area contributed by atoms with Gasteiger partial charge in [-0.25, -0.2) is 4.90 Å². The second kappa shape index (κ2) is 5.42. The number of benzene rings is 3. The highest BCUT2D eigenvalue weighted by molar-refractivity contribution is 9.09. The molecule has 1 fully saturated rings. The number of alkyl halides is 1. The van der Waals surface area contributed by atoms with Crippen molar-refractivity contribution in [3.8, 4) is 0 Å².